The molecule has 0 aliphatic carbocycles. The van der Waals surface area contributed by atoms with Crippen LogP contribution in [0, 0.1) is 17.6 Å². The molecule has 1 aromatic rings. The number of carbonyl (C=O) groups excluding carboxylic acids is 3. The van der Waals surface area contributed by atoms with Crippen LogP contribution in [0.15, 0.2) is 23.1 Å². The maximum Gasteiger partial charge on any atom is 0.318 e. The number of imide groups is 1. The quantitative estimate of drug-likeness (QED) is 0.605. The highest BCUT2D eigenvalue weighted by Crippen LogP contribution is 2.23. The van der Waals surface area contributed by atoms with Crippen LogP contribution in [0.1, 0.15) is 13.8 Å². The average molecular weight is 346 g/mol. The summed E-state index contributed by atoms with van der Waals surface area (Å²) in [5.74, 6) is -3.69. The van der Waals surface area contributed by atoms with Crippen molar-refractivity contribution in [2.75, 3.05) is 5.75 Å². The fourth-order valence-electron chi connectivity index (χ4n) is 1.59. The Labute approximate surface area is 135 Å². The Hall–Kier alpha value is -2.16. The van der Waals surface area contributed by atoms with E-state index in [2.05, 4.69) is 0 Å². The molecule has 3 amide bonds. The maximum absolute atomic E-state index is 13.4. The Morgan fingerprint density at radius 2 is 1.96 bits per heavy atom. The van der Waals surface area contributed by atoms with Crippen LogP contribution in [0.4, 0.5) is 13.6 Å². The van der Waals surface area contributed by atoms with E-state index in [1.54, 1.807) is 13.8 Å². The number of thioether (sulfide) groups is 1. The summed E-state index contributed by atoms with van der Waals surface area (Å²) < 4.78 is 31.4. The lowest BCUT2D eigenvalue weighted by Gasteiger charge is -2.19. The molecule has 0 saturated carbocycles. The van der Waals surface area contributed by atoms with Gasteiger partial charge in [-0.3, -0.25) is 14.9 Å². The fraction of sp³-hybridized carbons (Fsp3) is 0.357. The highest BCUT2D eigenvalue weighted by atomic mass is 32.2. The molecule has 1 aromatic carbocycles. The predicted octanol–water partition coefficient (Wildman–Crippen LogP) is 1.82. The molecule has 0 radical (unpaired) electrons. The average Bonchev–Trinajstić information content (AvgIpc) is 2.44. The summed E-state index contributed by atoms with van der Waals surface area (Å²) in [7, 11) is 0. The normalized spacial score (nSPS) is 11.9. The van der Waals surface area contributed by atoms with Gasteiger partial charge in [0.05, 0.1) is 5.75 Å². The second-order valence-corrected chi connectivity index (χ2v) is 5.89. The van der Waals surface area contributed by atoms with Gasteiger partial charge >= 0.3 is 12.0 Å². The van der Waals surface area contributed by atoms with E-state index in [0.29, 0.717) is 0 Å². The molecule has 1 rings (SSSR count). The highest BCUT2D eigenvalue weighted by molar-refractivity contribution is 8.00. The van der Waals surface area contributed by atoms with Gasteiger partial charge in [-0.2, -0.15) is 0 Å². The lowest BCUT2D eigenvalue weighted by atomic mass is 10.1. The number of urea groups is 1. The van der Waals surface area contributed by atoms with Crippen LogP contribution in [-0.4, -0.2) is 29.8 Å². The van der Waals surface area contributed by atoms with Gasteiger partial charge in [0.15, 0.2) is 6.10 Å². The maximum atomic E-state index is 13.4. The van der Waals surface area contributed by atoms with E-state index in [9.17, 15) is 23.2 Å². The molecule has 1 atom stereocenters. The van der Waals surface area contributed by atoms with Crippen molar-refractivity contribution in [2.24, 2.45) is 11.7 Å². The summed E-state index contributed by atoms with van der Waals surface area (Å²) in [6.45, 7) is 3.22. The predicted molar refractivity (Wildman–Crippen MR) is 79.5 cm³/mol. The number of nitrogens with two attached hydrogens (primary N) is 1. The van der Waals surface area contributed by atoms with Crippen molar-refractivity contribution in [1.29, 1.82) is 0 Å². The van der Waals surface area contributed by atoms with Crippen molar-refractivity contribution >= 4 is 29.7 Å². The van der Waals surface area contributed by atoms with Crippen LogP contribution >= 0.6 is 11.8 Å². The number of benzene rings is 1. The molecule has 6 nitrogen and oxygen atoms in total. The van der Waals surface area contributed by atoms with Crippen LogP contribution in [0.3, 0.4) is 0 Å². The van der Waals surface area contributed by atoms with E-state index in [0.717, 1.165) is 30.0 Å². The first-order valence-corrected chi connectivity index (χ1v) is 7.57. The molecule has 9 heteroatoms. The minimum absolute atomic E-state index is 0.0513. The molecule has 0 fully saturated rings. The van der Waals surface area contributed by atoms with E-state index in [1.165, 1.54) is 0 Å². The molecule has 0 saturated heterocycles. The molecular weight excluding hydrogens is 330 g/mol. The van der Waals surface area contributed by atoms with E-state index < -0.39 is 41.6 Å². The van der Waals surface area contributed by atoms with Crippen molar-refractivity contribution in [2.45, 2.75) is 24.8 Å². The second-order valence-electron chi connectivity index (χ2n) is 4.87. The monoisotopic (exact) mass is 346 g/mol. The summed E-state index contributed by atoms with van der Waals surface area (Å²) in [6, 6.07) is 1.79. The van der Waals surface area contributed by atoms with E-state index in [4.69, 9.17) is 10.5 Å². The topological polar surface area (TPSA) is 98.5 Å². The Bertz CT molecular complexity index is 610. The number of rotatable bonds is 6. The first-order valence-electron chi connectivity index (χ1n) is 6.58. The molecule has 0 aliphatic heterocycles. The summed E-state index contributed by atoms with van der Waals surface area (Å²) in [5, 5.41) is 1.83. The molecule has 0 aliphatic rings. The number of ether oxygens (including phenoxy) is 1. The Kier molecular flexibility index (Phi) is 6.95. The van der Waals surface area contributed by atoms with Gasteiger partial charge in [0.1, 0.15) is 11.6 Å². The Morgan fingerprint density at radius 3 is 2.52 bits per heavy atom. The van der Waals surface area contributed by atoms with Crippen molar-refractivity contribution in [3.8, 4) is 0 Å². The van der Waals surface area contributed by atoms with Gasteiger partial charge in [0, 0.05) is 4.90 Å². The van der Waals surface area contributed by atoms with Crippen LogP contribution in [0.2, 0.25) is 0 Å². The van der Waals surface area contributed by atoms with Crippen LogP contribution in [-0.2, 0) is 14.3 Å². The van der Waals surface area contributed by atoms with E-state index in [1.807, 2.05) is 5.32 Å². The standard InChI is InChI=1S/C14H16F2N2O4S/c1-7(2)12(13(20)18-14(17)21)22-11(19)6-23-10-5-8(15)3-4-9(10)16/h3-5,7,12H,6H2,1-2H3,(H3,17,18,20,21)/t12-/m0/s1. The van der Waals surface area contributed by atoms with Crippen LogP contribution < -0.4 is 11.1 Å². The van der Waals surface area contributed by atoms with Crippen LogP contribution in [0.5, 0.6) is 0 Å². The minimum atomic E-state index is -1.21. The number of primary amides is 1. The van der Waals surface area contributed by atoms with Crippen molar-refractivity contribution < 1.29 is 27.9 Å². The van der Waals surface area contributed by atoms with Gasteiger partial charge in [-0.15, -0.1) is 11.8 Å². The number of hydrogen-bond donors (Lipinski definition) is 2. The molecule has 0 heterocycles. The number of halogens is 2. The first kappa shape index (κ1) is 18.9. The molecule has 3 N–H and O–H groups in total. The molecule has 126 valence electrons. The van der Waals surface area contributed by atoms with E-state index in [-0.39, 0.29) is 10.6 Å². The zero-order valence-corrected chi connectivity index (χ0v) is 13.3. The lowest BCUT2D eigenvalue weighted by molar-refractivity contribution is -0.155. The fourth-order valence-corrected chi connectivity index (χ4v) is 2.33. The third kappa shape index (κ3) is 6.23. The highest BCUT2D eigenvalue weighted by Gasteiger charge is 2.27. The number of nitrogens with one attached hydrogen (secondary N) is 1. The molecule has 0 unspecified atom stereocenters. The molecular formula is C14H16F2N2O4S. The molecule has 0 aromatic heterocycles. The summed E-state index contributed by atoms with van der Waals surface area (Å²) >= 11 is 0.736. The van der Waals surface area contributed by atoms with Crippen molar-refractivity contribution in [3.63, 3.8) is 0 Å². The molecule has 0 spiro atoms. The van der Waals surface area contributed by atoms with Gasteiger partial charge < -0.3 is 10.5 Å². The first-order chi connectivity index (χ1) is 10.7. The lowest BCUT2D eigenvalue weighted by Crippen LogP contribution is -2.45. The van der Waals surface area contributed by atoms with Gasteiger partial charge in [0.2, 0.25) is 0 Å². The van der Waals surface area contributed by atoms with Gasteiger partial charge in [-0.1, -0.05) is 13.8 Å². The third-order valence-corrected chi connectivity index (χ3v) is 3.61. The second kappa shape index (κ2) is 8.47. The zero-order chi connectivity index (χ0) is 17.6. The molecule has 23 heavy (non-hydrogen) atoms. The molecule has 0 bridgehead atoms. The summed E-state index contributed by atoms with van der Waals surface area (Å²) in [4.78, 5) is 34.1. The van der Waals surface area contributed by atoms with Crippen molar-refractivity contribution in [1.82, 2.24) is 5.32 Å². The van der Waals surface area contributed by atoms with Gasteiger partial charge in [0.25, 0.3) is 5.91 Å². The summed E-state index contributed by atoms with van der Waals surface area (Å²) in [5.41, 5.74) is 4.83. The zero-order valence-electron chi connectivity index (χ0n) is 12.5. The Morgan fingerprint density at radius 1 is 1.30 bits per heavy atom. The third-order valence-electron chi connectivity index (χ3n) is 2.61. The smallest absolute Gasteiger partial charge is 0.318 e. The number of hydrogen-bond acceptors (Lipinski definition) is 5. The largest absolute Gasteiger partial charge is 0.451 e. The SMILES string of the molecule is CC(C)[C@H](OC(=O)CSc1cc(F)ccc1F)C(=O)NC(N)=O. The van der Waals surface area contributed by atoms with Gasteiger partial charge in [-0.25, -0.2) is 13.6 Å². The summed E-state index contributed by atoms with van der Waals surface area (Å²) in [6.07, 6.45) is -1.21. The number of carbonyl (C=O) groups is 3. The van der Waals surface area contributed by atoms with Gasteiger partial charge in [-0.05, 0) is 24.1 Å². The number of esters is 1. The van der Waals surface area contributed by atoms with E-state index >= 15 is 0 Å². The number of amides is 3. The van der Waals surface area contributed by atoms with Crippen molar-refractivity contribution in [3.05, 3.63) is 29.8 Å². The Balaban J connectivity index is 2.64. The minimum Gasteiger partial charge on any atom is -0.451 e. The van der Waals surface area contributed by atoms with Crippen LogP contribution in [0.25, 0.3) is 0 Å².